The van der Waals surface area contributed by atoms with Crippen LogP contribution >= 0.6 is 0 Å². The van der Waals surface area contributed by atoms with Gasteiger partial charge in [-0.25, -0.2) is 9.97 Å². The maximum Gasteiger partial charge on any atom is 0.433 e. The Bertz CT molecular complexity index is 2050. The van der Waals surface area contributed by atoms with Crippen molar-refractivity contribution in [2.45, 2.75) is 38.6 Å². The van der Waals surface area contributed by atoms with Gasteiger partial charge in [-0.05, 0) is 74.5 Å². The number of hydrogen-bond donors (Lipinski definition) is 0. The second-order valence-corrected chi connectivity index (χ2v) is 11.7. The van der Waals surface area contributed by atoms with Gasteiger partial charge in [0.1, 0.15) is 11.4 Å². The summed E-state index contributed by atoms with van der Waals surface area (Å²) in [7, 11) is 0. The molecule has 0 aliphatic rings. The van der Waals surface area contributed by atoms with E-state index in [-0.39, 0.29) is 33.9 Å². The molecule has 4 aromatic carbocycles. The van der Waals surface area contributed by atoms with Crippen LogP contribution in [0.3, 0.4) is 0 Å². The summed E-state index contributed by atoms with van der Waals surface area (Å²) in [5, 5.41) is -0.744. The van der Waals surface area contributed by atoms with Gasteiger partial charge in [-0.2, -0.15) is 52.7 Å². The van der Waals surface area contributed by atoms with Gasteiger partial charge >= 0.3 is 24.7 Å². The topological polar surface area (TPSA) is 32.3 Å². The maximum absolute atomic E-state index is 13.3. The van der Waals surface area contributed by atoms with E-state index in [1.165, 1.54) is 24.3 Å². The smallest absolute Gasteiger partial charge is 0.342 e. The predicted octanol–water partition coefficient (Wildman–Crippen LogP) is 12.9. The standard InChI is InChI=1S/2C19H14F6N2/c2*1-2-27(12-6-4-3-5-7-12)13-8-9-14-15(18(20,21)22)11-17(19(23,24)25)26-16(14)10-13/h2*3-11H,2H2,1H3. The second kappa shape index (κ2) is 15.1. The van der Waals surface area contributed by atoms with E-state index in [1.54, 1.807) is 58.3 Å². The van der Waals surface area contributed by atoms with Crippen LogP contribution in [0.4, 0.5) is 75.4 Å². The van der Waals surface area contributed by atoms with Crippen molar-refractivity contribution in [2.24, 2.45) is 0 Å². The molecule has 54 heavy (non-hydrogen) atoms. The van der Waals surface area contributed by atoms with E-state index < -0.39 is 47.2 Å². The number of pyridine rings is 2. The summed E-state index contributed by atoms with van der Waals surface area (Å²) >= 11 is 0. The first-order valence-corrected chi connectivity index (χ1v) is 16.1. The Morgan fingerprint density at radius 3 is 1.02 bits per heavy atom. The molecule has 16 heteroatoms. The third-order valence-corrected chi connectivity index (χ3v) is 8.17. The lowest BCUT2D eigenvalue weighted by Gasteiger charge is -2.24. The molecule has 0 atom stereocenters. The number of rotatable bonds is 6. The Morgan fingerprint density at radius 1 is 0.407 bits per heavy atom. The maximum atomic E-state index is 13.3. The first-order chi connectivity index (χ1) is 25.2. The lowest BCUT2D eigenvalue weighted by molar-refractivity contribution is -0.146. The van der Waals surface area contributed by atoms with E-state index in [0.717, 1.165) is 23.5 Å². The summed E-state index contributed by atoms with van der Waals surface area (Å²) in [6.07, 6.45) is -19.8. The van der Waals surface area contributed by atoms with E-state index in [2.05, 4.69) is 9.97 Å². The van der Waals surface area contributed by atoms with Gasteiger partial charge in [0, 0.05) is 46.6 Å². The van der Waals surface area contributed by atoms with Crippen LogP contribution in [0.2, 0.25) is 0 Å². The van der Waals surface area contributed by atoms with E-state index in [9.17, 15) is 52.7 Å². The van der Waals surface area contributed by atoms with Gasteiger partial charge in [-0.3, -0.25) is 0 Å². The molecule has 0 fully saturated rings. The first-order valence-electron chi connectivity index (χ1n) is 16.1. The van der Waals surface area contributed by atoms with Crippen LogP contribution < -0.4 is 9.80 Å². The molecule has 284 valence electrons. The van der Waals surface area contributed by atoms with Crippen molar-refractivity contribution in [3.05, 3.63) is 132 Å². The third-order valence-electron chi connectivity index (χ3n) is 8.17. The molecule has 6 aromatic rings. The number of halogens is 12. The zero-order chi connectivity index (χ0) is 39.6. The summed E-state index contributed by atoms with van der Waals surface area (Å²) in [5.74, 6) is 0. The second-order valence-electron chi connectivity index (χ2n) is 11.7. The number of anilines is 4. The van der Waals surface area contributed by atoms with E-state index >= 15 is 0 Å². The monoisotopic (exact) mass is 768 g/mol. The molecule has 0 unspecified atom stereocenters. The number of aromatic nitrogens is 2. The zero-order valence-electron chi connectivity index (χ0n) is 28.1. The fraction of sp³-hybridized carbons (Fsp3) is 0.211. The average Bonchev–Trinajstić information content (AvgIpc) is 3.11. The van der Waals surface area contributed by atoms with Gasteiger partial charge in [0.05, 0.1) is 22.2 Å². The van der Waals surface area contributed by atoms with Crippen molar-refractivity contribution in [1.29, 1.82) is 0 Å². The summed E-state index contributed by atoms with van der Waals surface area (Å²) in [4.78, 5) is 10.4. The quantitative estimate of drug-likeness (QED) is 0.158. The highest BCUT2D eigenvalue weighted by Crippen LogP contribution is 2.41. The lowest BCUT2D eigenvalue weighted by Crippen LogP contribution is -2.17. The number of para-hydroxylation sites is 2. The summed E-state index contributed by atoms with van der Waals surface area (Å²) in [6, 6.07) is 25.8. The number of fused-ring (bicyclic) bond motifs is 2. The van der Waals surface area contributed by atoms with Crippen LogP contribution in [-0.4, -0.2) is 23.1 Å². The molecule has 0 N–H and O–H groups in total. The number of hydrogen-bond acceptors (Lipinski definition) is 4. The molecule has 6 rings (SSSR count). The van der Waals surface area contributed by atoms with Crippen molar-refractivity contribution >= 4 is 44.6 Å². The molecule has 0 spiro atoms. The molecule has 0 aliphatic heterocycles. The van der Waals surface area contributed by atoms with Crippen molar-refractivity contribution in [2.75, 3.05) is 22.9 Å². The predicted molar refractivity (Wildman–Crippen MR) is 182 cm³/mol. The molecule has 0 saturated carbocycles. The summed E-state index contributed by atoms with van der Waals surface area (Å²) in [6.45, 7) is 4.61. The molecule has 0 bridgehead atoms. The Kier molecular flexibility index (Phi) is 11.1. The van der Waals surface area contributed by atoms with Gasteiger partial charge in [-0.15, -0.1) is 0 Å². The highest BCUT2D eigenvalue weighted by atomic mass is 19.4. The minimum atomic E-state index is -4.98. The molecular weight excluding hydrogens is 740 g/mol. The largest absolute Gasteiger partial charge is 0.433 e. The van der Waals surface area contributed by atoms with Gasteiger partial charge in [-0.1, -0.05) is 48.5 Å². The molecular formula is C38H28F12N4. The lowest BCUT2D eigenvalue weighted by atomic mass is 10.1. The van der Waals surface area contributed by atoms with Crippen LogP contribution in [0.1, 0.15) is 36.4 Å². The van der Waals surface area contributed by atoms with Gasteiger partial charge in [0.2, 0.25) is 0 Å². The molecule has 2 heterocycles. The van der Waals surface area contributed by atoms with E-state index in [0.29, 0.717) is 24.5 Å². The van der Waals surface area contributed by atoms with E-state index in [1.807, 2.05) is 26.0 Å². The van der Waals surface area contributed by atoms with Crippen molar-refractivity contribution in [1.82, 2.24) is 9.97 Å². The van der Waals surface area contributed by atoms with E-state index in [4.69, 9.17) is 0 Å². The van der Waals surface area contributed by atoms with Crippen LogP contribution in [-0.2, 0) is 24.7 Å². The van der Waals surface area contributed by atoms with Gasteiger partial charge in [0.15, 0.2) is 0 Å². The van der Waals surface area contributed by atoms with Crippen LogP contribution in [0.15, 0.2) is 109 Å². The highest BCUT2D eigenvalue weighted by molar-refractivity contribution is 5.88. The molecule has 0 aliphatic carbocycles. The number of benzene rings is 4. The van der Waals surface area contributed by atoms with Crippen LogP contribution in [0, 0.1) is 0 Å². The Hall–Kier alpha value is -5.54. The van der Waals surface area contributed by atoms with Gasteiger partial charge in [0.25, 0.3) is 0 Å². The molecule has 2 aromatic heterocycles. The summed E-state index contributed by atoms with van der Waals surface area (Å²) < 4.78 is 158. The SMILES string of the molecule is CCN(c1ccccc1)c1ccc2c(C(F)(F)F)cc(C(F)(F)F)nc2c1.CCN(c1ccccc1)c1ccc2c(C(F)(F)F)cc(C(F)(F)F)nc2c1. The summed E-state index contributed by atoms with van der Waals surface area (Å²) in [5.41, 5.74) is -4.11. The van der Waals surface area contributed by atoms with Crippen molar-refractivity contribution in [3.63, 3.8) is 0 Å². The van der Waals surface area contributed by atoms with Gasteiger partial charge < -0.3 is 9.80 Å². The molecule has 0 saturated heterocycles. The molecule has 0 radical (unpaired) electrons. The fourth-order valence-electron chi connectivity index (χ4n) is 5.77. The minimum Gasteiger partial charge on any atom is -0.342 e. The number of alkyl halides is 12. The fourth-order valence-corrected chi connectivity index (χ4v) is 5.77. The highest BCUT2D eigenvalue weighted by Gasteiger charge is 2.40. The molecule has 4 nitrogen and oxygen atoms in total. The first kappa shape index (κ1) is 39.7. The normalized spacial score (nSPS) is 12.4. The van der Waals surface area contributed by atoms with Crippen molar-refractivity contribution in [3.8, 4) is 0 Å². The average molecular weight is 769 g/mol. The molecule has 0 amide bonds. The minimum absolute atomic E-state index is 0.0524. The Labute approximate surface area is 300 Å². The Balaban J connectivity index is 0.000000208. The Morgan fingerprint density at radius 2 is 0.741 bits per heavy atom. The number of nitrogens with zero attached hydrogens (tertiary/aromatic N) is 4. The van der Waals surface area contributed by atoms with Crippen LogP contribution in [0.25, 0.3) is 21.8 Å². The third kappa shape index (κ3) is 8.80. The van der Waals surface area contributed by atoms with Crippen molar-refractivity contribution < 1.29 is 52.7 Å². The van der Waals surface area contributed by atoms with Crippen LogP contribution in [0.5, 0.6) is 0 Å². The zero-order valence-corrected chi connectivity index (χ0v) is 28.1.